The molecule has 0 saturated carbocycles. The van der Waals surface area contributed by atoms with Gasteiger partial charge in [0.1, 0.15) is 24.4 Å². The van der Waals surface area contributed by atoms with E-state index in [-0.39, 0.29) is 5.69 Å². The molecule has 8 heteroatoms. The highest BCUT2D eigenvalue weighted by molar-refractivity contribution is 14.1. The second kappa shape index (κ2) is 9.08. The molecule has 0 aliphatic rings. The minimum Gasteiger partial charge on any atom is -0.489 e. The van der Waals surface area contributed by atoms with Crippen LogP contribution in [0.2, 0.25) is 0 Å². The molecule has 1 aromatic heterocycles. The van der Waals surface area contributed by atoms with Gasteiger partial charge in [-0.1, -0.05) is 12.1 Å². The summed E-state index contributed by atoms with van der Waals surface area (Å²) >= 11 is 2.27. The van der Waals surface area contributed by atoms with Crippen LogP contribution < -0.4 is 10.2 Å². The highest BCUT2D eigenvalue weighted by Gasteiger charge is 2.04. The van der Waals surface area contributed by atoms with E-state index in [9.17, 15) is 10.1 Å². The van der Waals surface area contributed by atoms with Crippen molar-refractivity contribution in [2.45, 2.75) is 6.61 Å². The molecule has 7 nitrogen and oxygen atoms in total. The number of aromatic nitrogens is 1. The molecule has 3 aromatic rings. The number of hydrogen-bond donors (Lipinski definition) is 1. The molecular weight excluding hydrogens is 459 g/mol. The predicted octanol–water partition coefficient (Wildman–Crippen LogP) is 4.62. The number of nitrogens with one attached hydrogen (secondary N) is 1. The molecule has 0 aliphatic carbocycles. The highest BCUT2D eigenvalue weighted by atomic mass is 127. The first kappa shape index (κ1) is 18.8. The molecule has 3 rings (SSSR count). The van der Waals surface area contributed by atoms with Crippen molar-refractivity contribution < 1.29 is 9.66 Å². The Morgan fingerprint density at radius 2 is 1.85 bits per heavy atom. The second-order valence-electron chi connectivity index (χ2n) is 5.51. The van der Waals surface area contributed by atoms with Gasteiger partial charge in [0.05, 0.1) is 11.1 Å². The quantitative estimate of drug-likeness (QED) is 0.234. The average Bonchev–Trinajstić information content (AvgIpc) is 2.69. The van der Waals surface area contributed by atoms with Gasteiger partial charge in [0.25, 0.3) is 5.69 Å². The second-order valence-corrected chi connectivity index (χ2v) is 6.76. The van der Waals surface area contributed by atoms with Crippen LogP contribution in [0, 0.1) is 13.7 Å². The zero-order valence-electron chi connectivity index (χ0n) is 14.1. The minimum atomic E-state index is -0.498. The van der Waals surface area contributed by atoms with Crippen molar-refractivity contribution in [1.29, 1.82) is 0 Å². The summed E-state index contributed by atoms with van der Waals surface area (Å²) in [7, 11) is 0. The van der Waals surface area contributed by atoms with Crippen molar-refractivity contribution in [3.05, 3.63) is 91.7 Å². The molecule has 0 saturated heterocycles. The van der Waals surface area contributed by atoms with Crippen molar-refractivity contribution in [3.8, 4) is 5.75 Å². The van der Waals surface area contributed by atoms with Crippen LogP contribution in [0.1, 0.15) is 11.1 Å². The number of hydrazone groups is 1. The standard InChI is InChI=1S/C19H15IN4O3/c20-16-5-1-15(2-6-16)13-27-18-8-3-14(4-9-18)11-22-23-19-10-7-17(12-21-19)24(25)26/h1-12H,13H2,(H,21,23)/b22-11-. The first-order valence-corrected chi connectivity index (χ1v) is 9.05. The van der Waals surface area contributed by atoms with Crippen molar-refractivity contribution in [3.63, 3.8) is 0 Å². The Hall–Kier alpha value is -3.01. The SMILES string of the molecule is O=[N+]([O-])c1ccc(N/N=C\c2ccc(OCc3ccc(I)cc3)cc2)nc1. The van der Waals surface area contributed by atoms with Crippen LogP contribution in [0.25, 0.3) is 0 Å². The summed E-state index contributed by atoms with van der Waals surface area (Å²) in [4.78, 5) is 14.0. The van der Waals surface area contributed by atoms with Gasteiger partial charge in [-0.25, -0.2) is 4.98 Å². The average molecular weight is 474 g/mol. The summed E-state index contributed by atoms with van der Waals surface area (Å²) in [5.41, 5.74) is 4.66. The van der Waals surface area contributed by atoms with Crippen molar-refractivity contribution in [2.75, 3.05) is 5.43 Å². The van der Waals surface area contributed by atoms with Gasteiger partial charge in [0, 0.05) is 9.64 Å². The molecule has 0 bridgehead atoms. The van der Waals surface area contributed by atoms with Gasteiger partial charge in [0.2, 0.25) is 0 Å². The Morgan fingerprint density at radius 1 is 1.11 bits per heavy atom. The molecule has 0 atom stereocenters. The number of benzene rings is 2. The van der Waals surface area contributed by atoms with Crippen LogP contribution in [-0.2, 0) is 6.61 Å². The summed E-state index contributed by atoms with van der Waals surface area (Å²) < 4.78 is 6.96. The van der Waals surface area contributed by atoms with Crippen LogP contribution in [0.15, 0.2) is 72.0 Å². The lowest BCUT2D eigenvalue weighted by Crippen LogP contribution is -1.96. The summed E-state index contributed by atoms with van der Waals surface area (Å²) in [5, 5.41) is 14.7. The number of pyridine rings is 1. The van der Waals surface area contributed by atoms with Crippen molar-refractivity contribution in [1.82, 2.24) is 4.98 Å². The molecule has 0 spiro atoms. The molecule has 1 heterocycles. The number of halogens is 1. The van der Waals surface area contributed by atoms with E-state index in [1.165, 1.54) is 21.9 Å². The molecule has 0 fully saturated rings. The lowest BCUT2D eigenvalue weighted by Gasteiger charge is -2.06. The van der Waals surface area contributed by atoms with E-state index in [4.69, 9.17) is 4.74 Å². The molecule has 0 amide bonds. The molecule has 0 unspecified atom stereocenters. The third kappa shape index (κ3) is 5.74. The maximum Gasteiger partial charge on any atom is 0.287 e. The Labute approximate surface area is 169 Å². The Morgan fingerprint density at radius 3 is 2.48 bits per heavy atom. The van der Waals surface area contributed by atoms with Gasteiger partial charge in [-0.05, 0) is 76.2 Å². The summed E-state index contributed by atoms with van der Waals surface area (Å²) in [6.07, 6.45) is 2.81. The third-order valence-corrected chi connectivity index (χ3v) is 4.27. The molecule has 0 aliphatic heterocycles. The maximum atomic E-state index is 10.6. The number of ether oxygens (including phenoxy) is 1. The van der Waals surface area contributed by atoms with Gasteiger partial charge in [0.15, 0.2) is 0 Å². The van der Waals surface area contributed by atoms with Crippen LogP contribution in [0.3, 0.4) is 0 Å². The Kier molecular flexibility index (Phi) is 6.31. The van der Waals surface area contributed by atoms with Crippen molar-refractivity contribution >= 4 is 40.3 Å². The number of rotatable bonds is 7. The normalized spacial score (nSPS) is 10.7. The number of nitro groups is 1. The van der Waals surface area contributed by atoms with E-state index >= 15 is 0 Å². The summed E-state index contributed by atoms with van der Waals surface area (Å²) in [6, 6.07) is 18.6. The fourth-order valence-electron chi connectivity index (χ4n) is 2.13. The van der Waals surface area contributed by atoms with Gasteiger partial charge in [-0.15, -0.1) is 0 Å². The highest BCUT2D eigenvalue weighted by Crippen LogP contribution is 2.15. The van der Waals surface area contributed by atoms with E-state index in [1.54, 1.807) is 6.21 Å². The molecule has 1 N–H and O–H groups in total. The first-order chi connectivity index (χ1) is 13.1. The smallest absolute Gasteiger partial charge is 0.287 e. The molecular formula is C19H15IN4O3. The van der Waals surface area contributed by atoms with Gasteiger partial charge in [-0.3, -0.25) is 15.5 Å². The first-order valence-electron chi connectivity index (χ1n) is 7.97. The van der Waals surface area contributed by atoms with E-state index in [1.807, 2.05) is 48.5 Å². The van der Waals surface area contributed by atoms with Crippen LogP contribution in [0.4, 0.5) is 11.5 Å². The monoisotopic (exact) mass is 474 g/mol. The minimum absolute atomic E-state index is 0.0645. The van der Waals surface area contributed by atoms with Crippen molar-refractivity contribution in [2.24, 2.45) is 5.10 Å². The molecule has 27 heavy (non-hydrogen) atoms. The van der Waals surface area contributed by atoms with E-state index in [0.29, 0.717) is 12.4 Å². The fourth-order valence-corrected chi connectivity index (χ4v) is 2.49. The predicted molar refractivity (Wildman–Crippen MR) is 112 cm³/mol. The summed E-state index contributed by atoms with van der Waals surface area (Å²) in [6.45, 7) is 0.512. The number of anilines is 1. The zero-order chi connectivity index (χ0) is 19.1. The third-order valence-electron chi connectivity index (χ3n) is 3.55. The number of hydrogen-bond acceptors (Lipinski definition) is 6. The van der Waals surface area contributed by atoms with E-state index < -0.39 is 4.92 Å². The lowest BCUT2D eigenvalue weighted by molar-refractivity contribution is -0.385. The van der Waals surface area contributed by atoms with Gasteiger partial charge in [-0.2, -0.15) is 5.10 Å². The van der Waals surface area contributed by atoms with Crippen LogP contribution >= 0.6 is 22.6 Å². The lowest BCUT2D eigenvalue weighted by atomic mass is 10.2. The van der Waals surface area contributed by atoms with Gasteiger partial charge >= 0.3 is 0 Å². The molecule has 136 valence electrons. The zero-order valence-corrected chi connectivity index (χ0v) is 16.2. The molecule has 2 aromatic carbocycles. The van der Waals surface area contributed by atoms with Crippen LogP contribution in [0.5, 0.6) is 5.75 Å². The van der Waals surface area contributed by atoms with Crippen LogP contribution in [-0.4, -0.2) is 16.1 Å². The fraction of sp³-hybridized carbons (Fsp3) is 0.0526. The van der Waals surface area contributed by atoms with E-state index in [2.05, 4.69) is 38.1 Å². The summed E-state index contributed by atoms with van der Waals surface area (Å²) in [5.74, 6) is 1.20. The Bertz CT molecular complexity index is 927. The molecule has 0 radical (unpaired) electrons. The maximum absolute atomic E-state index is 10.6. The van der Waals surface area contributed by atoms with E-state index in [0.717, 1.165) is 16.9 Å². The topological polar surface area (TPSA) is 89.7 Å². The Balaban J connectivity index is 1.51. The number of nitrogens with zero attached hydrogens (tertiary/aromatic N) is 3. The largest absolute Gasteiger partial charge is 0.489 e. The van der Waals surface area contributed by atoms with Gasteiger partial charge < -0.3 is 4.74 Å².